The molecule has 0 unspecified atom stereocenters. The summed E-state index contributed by atoms with van der Waals surface area (Å²) in [6.07, 6.45) is 0. The highest BCUT2D eigenvalue weighted by molar-refractivity contribution is 6.35. The molecule has 0 saturated carbocycles. The molecule has 1 aromatic carbocycles. The van der Waals surface area contributed by atoms with Crippen molar-refractivity contribution >= 4 is 23.2 Å². The molecule has 3 N–H and O–H groups in total. The molecule has 0 radical (unpaired) electrons. The van der Waals surface area contributed by atoms with Crippen molar-refractivity contribution in [3.05, 3.63) is 27.7 Å². The monoisotopic (exact) mass is 223 g/mol. The van der Waals surface area contributed by atoms with E-state index in [-0.39, 0.29) is 16.3 Å². The van der Waals surface area contributed by atoms with Crippen molar-refractivity contribution in [1.29, 1.82) is 0 Å². The topological polar surface area (TPSA) is 46.2 Å². The number of rotatable bonds is 2. The Balaban J connectivity index is 3.20. The van der Waals surface area contributed by atoms with Crippen LogP contribution in [0.5, 0.6) is 5.75 Å². The van der Waals surface area contributed by atoms with E-state index in [9.17, 15) is 9.50 Å². The van der Waals surface area contributed by atoms with Gasteiger partial charge in [-0.2, -0.15) is 0 Å². The predicted octanol–water partition coefficient (Wildman–Crippen LogP) is 2.67. The zero-order valence-electron chi connectivity index (χ0n) is 6.60. The van der Waals surface area contributed by atoms with E-state index < -0.39 is 12.7 Å². The van der Waals surface area contributed by atoms with Crippen molar-refractivity contribution in [2.24, 2.45) is 5.73 Å². The molecule has 72 valence electrons. The summed E-state index contributed by atoms with van der Waals surface area (Å²) in [5, 5.41) is 9.78. The van der Waals surface area contributed by atoms with Crippen molar-refractivity contribution in [3.8, 4) is 5.75 Å². The zero-order chi connectivity index (χ0) is 10.0. The van der Waals surface area contributed by atoms with Gasteiger partial charge in [-0.1, -0.05) is 23.2 Å². The maximum Gasteiger partial charge on any atom is 0.139 e. The van der Waals surface area contributed by atoms with E-state index in [1.165, 1.54) is 12.1 Å². The Morgan fingerprint density at radius 2 is 2.08 bits per heavy atom. The second-order valence-corrected chi connectivity index (χ2v) is 3.43. The van der Waals surface area contributed by atoms with Crippen molar-refractivity contribution in [1.82, 2.24) is 0 Å². The molecule has 0 saturated heterocycles. The van der Waals surface area contributed by atoms with Gasteiger partial charge >= 0.3 is 0 Å². The summed E-state index contributed by atoms with van der Waals surface area (Å²) in [5.41, 5.74) is 5.60. The Morgan fingerprint density at radius 1 is 1.46 bits per heavy atom. The maximum atomic E-state index is 12.2. The lowest BCUT2D eigenvalue weighted by Gasteiger charge is -2.11. The van der Waals surface area contributed by atoms with Gasteiger partial charge in [-0.15, -0.1) is 0 Å². The molecule has 0 aliphatic rings. The summed E-state index contributed by atoms with van der Waals surface area (Å²) in [4.78, 5) is 0. The van der Waals surface area contributed by atoms with Crippen LogP contribution in [0.15, 0.2) is 12.1 Å². The minimum atomic E-state index is -0.892. The number of alkyl halides is 1. The van der Waals surface area contributed by atoms with E-state index in [0.717, 1.165) is 0 Å². The van der Waals surface area contributed by atoms with Crippen LogP contribution in [0, 0.1) is 0 Å². The van der Waals surface area contributed by atoms with E-state index >= 15 is 0 Å². The highest BCUT2D eigenvalue weighted by Crippen LogP contribution is 2.34. The number of phenolic OH excluding ortho intramolecular Hbond substituents is 1. The van der Waals surface area contributed by atoms with E-state index in [0.29, 0.717) is 5.02 Å². The number of aromatic hydroxyl groups is 1. The normalized spacial score (nSPS) is 12.9. The van der Waals surface area contributed by atoms with Crippen molar-refractivity contribution in [2.75, 3.05) is 6.67 Å². The molecule has 0 spiro atoms. The standard InChI is InChI=1S/C8H8Cl2FNO/c9-4-1-5(7(12)3-11)8(13)6(10)2-4/h1-2,7,13H,3,12H2/t7-/m0/s1. The fraction of sp³-hybridized carbons (Fsp3) is 0.250. The van der Waals surface area contributed by atoms with Gasteiger partial charge < -0.3 is 10.8 Å². The fourth-order valence-corrected chi connectivity index (χ4v) is 1.46. The smallest absolute Gasteiger partial charge is 0.139 e. The van der Waals surface area contributed by atoms with Gasteiger partial charge in [0, 0.05) is 10.6 Å². The largest absolute Gasteiger partial charge is 0.506 e. The SMILES string of the molecule is N[C@@H](CF)c1cc(Cl)cc(Cl)c1O. The molecule has 1 rings (SSSR count). The molecule has 0 heterocycles. The van der Waals surface area contributed by atoms with Gasteiger partial charge in [0.05, 0.1) is 11.1 Å². The average molecular weight is 224 g/mol. The summed E-state index contributed by atoms with van der Waals surface area (Å²) in [6.45, 7) is -0.774. The summed E-state index contributed by atoms with van der Waals surface area (Å²) >= 11 is 11.3. The third kappa shape index (κ3) is 2.24. The fourth-order valence-electron chi connectivity index (χ4n) is 0.952. The average Bonchev–Trinajstić information content (AvgIpc) is 2.10. The minimum absolute atomic E-state index is 0.0754. The van der Waals surface area contributed by atoms with Crippen LogP contribution in [0.3, 0.4) is 0 Å². The van der Waals surface area contributed by atoms with Crippen LogP contribution >= 0.6 is 23.2 Å². The molecular formula is C8H8Cl2FNO. The first-order valence-electron chi connectivity index (χ1n) is 3.55. The lowest BCUT2D eigenvalue weighted by molar-refractivity contribution is 0.414. The number of nitrogens with two attached hydrogens (primary N) is 1. The maximum absolute atomic E-state index is 12.2. The lowest BCUT2D eigenvalue weighted by Crippen LogP contribution is -2.12. The van der Waals surface area contributed by atoms with Crippen LogP contribution in [0.1, 0.15) is 11.6 Å². The molecule has 1 atom stereocenters. The Bertz CT molecular complexity index is 319. The quantitative estimate of drug-likeness (QED) is 0.811. The third-order valence-electron chi connectivity index (χ3n) is 1.62. The molecule has 1 aromatic rings. The van der Waals surface area contributed by atoms with Crippen LogP contribution in [-0.4, -0.2) is 11.8 Å². The number of benzene rings is 1. The van der Waals surface area contributed by atoms with Crippen LogP contribution in [-0.2, 0) is 0 Å². The van der Waals surface area contributed by atoms with Gasteiger partial charge in [0.1, 0.15) is 12.4 Å². The number of halogens is 3. The first-order valence-corrected chi connectivity index (χ1v) is 4.31. The zero-order valence-corrected chi connectivity index (χ0v) is 8.11. The van der Waals surface area contributed by atoms with E-state index in [4.69, 9.17) is 28.9 Å². The van der Waals surface area contributed by atoms with E-state index in [1.807, 2.05) is 0 Å². The third-order valence-corrected chi connectivity index (χ3v) is 2.13. The van der Waals surface area contributed by atoms with E-state index in [1.54, 1.807) is 0 Å². The highest BCUT2D eigenvalue weighted by atomic mass is 35.5. The summed E-state index contributed by atoms with van der Waals surface area (Å²) in [7, 11) is 0. The molecule has 0 fully saturated rings. The van der Waals surface area contributed by atoms with E-state index in [2.05, 4.69) is 0 Å². The molecule has 0 amide bonds. The first kappa shape index (κ1) is 10.6. The molecule has 0 aromatic heterocycles. The second kappa shape index (κ2) is 4.13. The summed E-state index contributed by atoms with van der Waals surface area (Å²) in [6, 6.07) is 1.87. The second-order valence-electron chi connectivity index (χ2n) is 2.59. The highest BCUT2D eigenvalue weighted by Gasteiger charge is 2.14. The Hall–Kier alpha value is -0.510. The number of hydrogen-bond donors (Lipinski definition) is 2. The van der Waals surface area contributed by atoms with Crippen LogP contribution in [0.2, 0.25) is 10.0 Å². The van der Waals surface area contributed by atoms with Crippen LogP contribution < -0.4 is 5.73 Å². The Labute approximate surface area is 85.1 Å². The van der Waals surface area contributed by atoms with Gasteiger partial charge in [-0.25, -0.2) is 4.39 Å². The van der Waals surface area contributed by atoms with Crippen LogP contribution in [0.4, 0.5) is 4.39 Å². The molecule has 0 bridgehead atoms. The molecule has 13 heavy (non-hydrogen) atoms. The van der Waals surface area contributed by atoms with Gasteiger partial charge in [0.25, 0.3) is 0 Å². The first-order chi connectivity index (χ1) is 6.06. The summed E-state index contributed by atoms with van der Waals surface area (Å²) < 4.78 is 12.2. The minimum Gasteiger partial charge on any atom is -0.506 e. The van der Waals surface area contributed by atoms with Gasteiger partial charge in [-0.3, -0.25) is 0 Å². The molecule has 0 aliphatic heterocycles. The molecule has 5 heteroatoms. The summed E-state index contributed by atoms with van der Waals surface area (Å²) in [5.74, 6) is -0.212. The molecule has 0 aliphatic carbocycles. The number of phenols is 1. The van der Waals surface area contributed by atoms with Crippen molar-refractivity contribution < 1.29 is 9.50 Å². The van der Waals surface area contributed by atoms with Crippen molar-refractivity contribution in [2.45, 2.75) is 6.04 Å². The lowest BCUT2D eigenvalue weighted by atomic mass is 10.1. The van der Waals surface area contributed by atoms with Gasteiger partial charge in [0.15, 0.2) is 0 Å². The predicted molar refractivity (Wildman–Crippen MR) is 51.0 cm³/mol. The molecule has 2 nitrogen and oxygen atoms in total. The van der Waals surface area contributed by atoms with Gasteiger partial charge in [-0.05, 0) is 12.1 Å². The van der Waals surface area contributed by atoms with Crippen molar-refractivity contribution in [3.63, 3.8) is 0 Å². The Kier molecular flexibility index (Phi) is 3.36. The van der Waals surface area contributed by atoms with Crippen LogP contribution in [0.25, 0.3) is 0 Å². The molecular weight excluding hydrogens is 216 g/mol. The van der Waals surface area contributed by atoms with Gasteiger partial charge in [0.2, 0.25) is 0 Å². The number of hydrogen-bond acceptors (Lipinski definition) is 2. The Morgan fingerprint density at radius 3 is 2.62 bits per heavy atom.